The topological polar surface area (TPSA) is 94.5 Å². The Hall–Kier alpha value is -4.31. The van der Waals surface area contributed by atoms with Crippen molar-refractivity contribution in [3.8, 4) is 17.6 Å². The molecule has 2 N–H and O–H groups in total. The molecule has 172 valence electrons. The van der Waals surface area contributed by atoms with Crippen LogP contribution in [0.3, 0.4) is 0 Å². The van der Waals surface area contributed by atoms with E-state index in [2.05, 4.69) is 16.7 Å². The third-order valence-electron chi connectivity index (χ3n) is 5.85. The molecule has 0 spiro atoms. The van der Waals surface area contributed by atoms with Crippen LogP contribution in [0.2, 0.25) is 0 Å². The first-order valence-electron chi connectivity index (χ1n) is 11.2. The standard InChI is InChI=1S/C27H26N4O3/c1-19-17-24(34-23-9-7-20(18-28)8-10-23)11-12-25(19)30-26(32)21-13-15-31(16-14-21)27(33)29-22-5-3-2-4-6-22/h2-12,17,21H,13-16H2,1H3,(H,29,33)(H,30,32). The first kappa shape index (κ1) is 22.9. The van der Waals surface area contributed by atoms with Crippen molar-refractivity contribution in [1.29, 1.82) is 5.26 Å². The number of ether oxygens (including phenoxy) is 1. The lowest BCUT2D eigenvalue weighted by Crippen LogP contribution is -2.43. The molecule has 0 saturated carbocycles. The highest BCUT2D eigenvalue weighted by Crippen LogP contribution is 2.27. The van der Waals surface area contributed by atoms with Crippen molar-refractivity contribution >= 4 is 23.3 Å². The summed E-state index contributed by atoms with van der Waals surface area (Å²) in [6.07, 6.45) is 1.24. The second kappa shape index (κ2) is 10.5. The number of urea groups is 1. The molecule has 0 bridgehead atoms. The summed E-state index contributed by atoms with van der Waals surface area (Å²) in [5.74, 6) is 1.11. The molecule has 1 saturated heterocycles. The van der Waals surface area contributed by atoms with Crippen molar-refractivity contribution in [2.75, 3.05) is 23.7 Å². The molecule has 7 nitrogen and oxygen atoms in total. The van der Waals surface area contributed by atoms with E-state index in [1.165, 1.54) is 0 Å². The van der Waals surface area contributed by atoms with Gasteiger partial charge in [0.25, 0.3) is 0 Å². The van der Waals surface area contributed by atoms with E-state index in [0.717, 1.165) is 16.9 Å². The number of amides is 3. The van der Waals surface area contributed by atoms with Crippen LogP contribution >= 0.6 is 0 Å². The van der Waals surface area contributed by atoms with Crippen LogP contribution in [0.4, 0.5) is 16.2 Å². The second-order valence-corrected chi connectivity index (χ2v) is 8.26. The molecule has 3 aromatic rings. The van der Waals surface area contributed by atoms with Gasteiger partial charge in [0.05, 0.1) is 11.6 Å². The lowest BCUT2D eigenvalue weighted by molar-refractivity contribution is -0.121. The number of aryl methyl sites for hydroxylation is 1. The monoisotopic (exact) mass is 454 g/mol. The number of rotatable bonds is 5. The highest BCUT2D eigenvalue weighted by Gasteiger charge is 2.27. The van der Waals surface area contributed by atoms with E-state index < -0.39 is 0 Å². The number of carbonyl (C=O) groups excluding carboxylic acids is 2. The summed E-state index contributed by atoms with van der Waals surface area (Å²) in [5.41, 5.74) is 2.96. The van der Waals surface area contributed by atoms with E-state index in [4.69, 9.17) is 10.00 Å². The minimum Gasteiger partial charge on any atom is -0.457 e. The van der Waals surface area contributed by atoms with Gasteiger partial charge in [-0.2, -0.15) is 5.26 Å². The summed E-state index contributed by atoms with van der Waals surface area (Å²) in [5, 5.41) is 14.8. The Labute approximate surface area is 199 Å². The normalized spacial score (nSPS) is 13.6. The summed E-state index contributed by atoms with van der Waals surface area (Å²) in [6.45, 7) is 2.98. The van der Waals surface area contributed by atoms with E-state index in [1.807, 2.05) is 49.4 Å². The van der Waals surface area contributed by atoms with Gasteiger partial charge in [0.2, 0.25) is 5.91 Å². The molecule has 3 amide bonds. The number of anilines is 2. The number of nitrogens with one attached hydrogen (secondary N) is 2. The maximum atomic E-state index is 12.8. The van der Waals surface area contributed by atoms with Crippen molar-refractivity contribution in [3.05, 3.63) is 83.9 Å². The lowest BCUT2D eigenvalue weighted by Gasteiger charge is -2.31. The predicted molar refractivity (Wildman–Crippen MR) is 131 cm³/mol. The first-order valence-corrected chi connectivity index (χ1v) is 11.2. The van der Waals surface area contributed by atoms with Crippen molar-refractivity contribution in [2.45, 2.75) is 19.8 Å². The summed E-state index contributed by atoms with van der Waals surface area (Å²) in [7, 11) is 0. The highest BCUT2D eigenvalue weighted by molar-refractivity contribution is 5.94. The van der Waals surface area contributed by atoms with Gasteiger partial charge >= 0.3 is 6.03 Å². The third kappa shape index (κ3) is 5.73. The van der Waals surface area contributed by atoms with Crippen molar-refractivity contribution in [3.63, 3.8) is 0 Å². The fourth-order valence-electron chi connectivity index (χ4n) is 3.88. The smallest absolute Gasteiger partial charge is 0.321 e. The van der Waals surface area contributed by atoms with Crippen LogP contribution in [0.15, 0.2) is 72.8 Å². The second-order valence-electron chi connectivity index (χ2n) is 8.26. The Bertz CT molecular complexity index is 1190. The molecule has 0 atom stereocenters. The van der Waals surface area contributed by atoms with Crippen LogP contribution < -0.4 is 15.4 Å². The van der Waals surface area contributed by atoms with Crippen LogP contribution in [0.25, 0.3) is 0 Å². The molecule has 1 heterocycles. The van der Waals surface area contributed by atoms with Gasteiger partial charge in [0, 0.05) is 30.4 Å². The van der Waals surface area contributed by atoms with E-state index in [-0.39, 0.29) is 17.9 Å². The number of carbonyl (C=O) groups is 2. The lowest BCUT2D eigenvalue weighted by atomic mass is 9.96. The molecule has 3 aromatic carbocycles. The number of likely N-dealkylation sites (tertiary alicyclic amines) is 1. The summed E-state index contributed by atoms with van der Waals surface area (Å²) in [6, 6.07) is 23.7. The van der Waals surface area contributed by atoms with E-state index in [0.29, 0.717) is 43.0 Å². The number of benzene rings is 3. The number of nitriles is 1. The van der Waals surface area contributed by atoms with Gasteiger partial charge in [-0.25, -0.2) is 4.79 Å². The van der Waals surface area contributed by atoms with Gasteiger partial charge in [0.15, 0.2) is 0 Å². The zero-order valence-corrected chi connectivity index (χ0v) is 19.0. The third-order valence-corrected chi connectivity index (χ3v) is 5.85. The van der Waals surface area contributed by atoms with Gasteiger partial charge in [-0.3, -0.25) is 4.79 Å². The Morgan fingerprint density at radius 2 is 1.62 bits per heavy atom. The minimum absolute atomic E-state index is 0.0352. The molecule has 0 aliphatic carbocycles. The van der Waals surface area contributed by atoms with Crippen LogP contribution in [-0.4, -0.2) is 29.9 Å². The summed E-state index contributed by atoms with van der Waals surface area (Å²) >= 11 is 0. The molecule has 34 heavy (non-hydrogen) atoms. The molecule has 1 fully saturated rings. The number of nitrogens with zero attached hydrogens (tertiary/aromatic N) is 2. The van der Waals surface area contributed by atoms with E-state index in [1.54, 1.807) is 35.2 Å². The summed E-state index contributed by atoms with van der Waals surface area (Å²) in [4.78, 5) is 27.0. The van der Waals surface area contributed by atoms with E-state index >= 15 is 0 Å². The molecule has 1 aliphatic rings. The zero-order chi connectivity index (χ0) is 23.9. The van der Waals surface area contributed by atoms with Gasteiger partial charge < -0.3 is 20.3 Å². The van der Waals surface area contributed by atoms with Crippen molar-refractivity contribution in [1.82, 2.24) is 4.90 Å². The first-order chi connectivity index (χ1) is 16.5. The molecular formula is C27H26N4O3. The minimum atomic E-state index is -0.144. The van der Waals surface area contributed by atoms with Gasteiger partial charge in [-0.15, -0.1) is 0 Å². The molecular weight excluding hydrogens is 428 g/mol. The van der Waals surface area contributed by atoms with Gasteiger partial charge in [-0.1, -0.05) is 18.2 Å². The van der Waals surface area contributed by atoms with Gasteiger partial charge in [0.1, 0.15) is 11.5 Å². The molecule has 1 aliphatic heterocycles. The number of piperidine rings is 1. The number of para-hydroxylation sites is 1. The average molecular weight is 455 g/mol. The fourth-order valence-corrected chi connectivity index (χ4v) is 3.88. The van der Waals surface area contributed by atoms with Gasteiger partial charge in [-0.05, 0) is 79.9 Å². The molecule has 7 heteroatoms. The fraction of sp³-hybridized carbons (Fsp3) is 0.222. The van der Waals surface area contributed by atoms with Crippen LogP contribution in [0.1, 0.15) is 24.0 Å². The SMILES string of the molecule is Cc1cc(Oc2ccc(C#N)cc2)ccc1NC(=O)C1CCN(C(=O)Nc2ccccc2)CC1. The van der Waals surface area contributed by atoms with E-state index in [9.17, 15) is 9.59 Å². The van der Waals surface area contributed by atoms with Crippen molar-refractivity contribution < 1.29 is 14.3 Å². The van der Waals surface area contributed by atoms with Crippen LogP contribution in [-0.2, 0) is 4.79 Å². The average Bonchev–Trinajstić information content (AvgIpc) is 2.87. The van der Waals surface area contributed by atoms with Crippen LogP contribution in [0, 0.1) is 24.2 Å². The number of hydrogen-bond donors (Lipinski definition) is 2. The molecule has 0 unspecified atom stereocenters. The number of hydrogen-bond acceptors (Lipinski definition) is 4. The van der Waals surface area contributed by atoms with Crippen LogP contribution in [0.5, 0.6) is 11.5 Å². The largest absolute Gasteiger partial charge is 0.457 e. The highest BCUT2D eigenvalue weighted by atomic mass is 16.5. The Kier molecular flexibility index (Phi) is 7.09. The van der Waals surface area contributed by atoms with Crippen molar-refractivity contribution in [2.24, 2.45) is 5.92 Å². The summed E-state index contributed by atoms with van der Waals surface area (Å²) < 4.78 is 5.85. The zero-order valence-electron chi connectivity index (χ0n) is 19.0. The quantitative estimate of drug-likeness (QED) is 0.529. The Morgan fingerprint density at radius 1 is 0.941 bits per heavy atom. The maximum absolute atomic E-state index is 12.8. The molecule has 4 rings (SSSR count). The maximum Gasteiger partial charge on any atom is 0.321 e. The Balaban J connectivity index is 1.29. The Morgan fingerprint density at radius 3 is 2.26 bits per heavy atom. The molecule has 0 radical (unpaired) electrons. The predicted octanol–water partition coefficient (Wildman–Crippen LogP) is 5.54. The molecule has 0 aromatic heterocycles.